The highest BCUT2D eigenvalue weighted by atomic mass is 127. The third kappa shape index (κ3) is 5.48. The Hall–Kier alpha value is -1.02. The number of ether oxygens (including phenoxy) is 2. The average molecular weight is 459 g/mol. The van der Waals surface area contributed by atoms with Gasteiger partial charge in [0.05, 0.1) is 12.6 Å². The summed E-state index contributed by atoms with van der Waals surface area (Å²) >= 11 is 0. The van der Waals surface area contributed by atoms with Crippen LogP contribution in [-0.2, 0) is 4.74 Å². The molecule has 0 aromatic heterocycles. The maximum atomic E-state index is 6.12. The van der Waals surface area contributed by atoms with E-state index in [4.69, 9.17) is 14.5 Å². The van der Waals surface area contributed by atoms with Gasteiger partial charge in [0.25, 0.3) is 0 Å². The molecular formula is C19H30IN3O2. The predicted octanol–water partition coefficient (Wildman–Crippen LogP) is 3.50. The molecule has 2 N–H and O–H groups in total. The maximum absolute atomic E-state index is 6.12. The lowest BCUT2D eigenvalue weighted by molar-refractivity contribution is 0.0694. The lowest BCUT2D eigenvalue weighted by atomic mass is 9.90. The minimum atomic E-state index is -0.192. The molecule has 2 aliphatic heterocycles. The fourth-order valence-corrected chi connectivity index (χ4v) is 3.36. The van der Waals surface area contributed by atoms with Gasteiger partial charge >= 0.3 is 0 Å². The Bertz CT molecular complexity index is 586. The lowest BCUT2D eigenvalue weighted by Crippen LogP contribution is -2.45. The molecule has 2 heterocycles. The number of fused-ring (bicyclic) bond motifs is 1. The van der Waals surface area contributed by atoms with Crippen LogP contribution < -0.4 is 15.4 Å². The zero-order valence-corrected chi connectivity index (χ0v) is 17.7. The van der Waals surface area contributed by atoms with E-state index in [1.165, 1.54) is 5.56 Å². The first-order chi connectivity index (χ1) is 11.6. The van der Waals surface area contributed by atoms with Gasteiger partial charge in [0.2, 0.25) is 0 Å². The number of nitrogens with zero attached hydrogens (tertiary/aromatic N) is 1. The molecule has 25 heavy (non-hydrogen) atoms. The molecule has 2 aliphatic rings. The molecular weight excluding hydrogens is 429 g/mol. The Labute approximate surface area is 168 Å². The zero-order chi connectivity index (χ0) is 17.0. The van der Waals surface area contributed by atoms with Crippen LogP contribution in [0, 0.1) is 5.92 Å². The minimum Gasteiger partial charge on any atom is -0.487 e. The Balaban J connectivity index is 0.00000225. The van der Waals surface area contributed by atoms with Crippen LogP contribution in [0.3, 0.4) is 0 Å². The maximum Gasteiger partial charge on any atom is 0.191 e. The molecule has 1 fully saturated rings. The van der Waals surface area contributed by atoms with E-state index in [-0.39, 0.29) is 35.6 Å². The van der Waals surface area contributed by atoms with Crippen molar-refractivity contribution < 1.29 is 9.47 Å². The van der Waals surface area contributed by atoms with Gasteiger partial charge in [-0.1, -0.05) is 18.2 Å². The first kappa shape index (κ1) is 20.3. The summed E-state index contributed by atoms with van der Waals surface area (Å²) in [6.45, 7) is 9.72. The highest BCUT2D eigenvalue weighted by molar-refractivity contribution is 14.0. The minimum absolute atomic E-state index is 0. The Kier molecular flexibility index (Phi) is 7.37. The summed E-state index contributed by atoms with van der Waals surface area (Å²) in [5.41, 5.74) is 1.01. The van der Waals surface area contributed by atoms with Crippen LogP contribution >= 0.6 is 24.0 Å². The highest BCUT2D eigenvalue weighted by Crippen LogP contribution is 2.39. The van der Waals surface area contributed by atoms with Crippen LogP contribution in [0.5, 0.6) is 5.75 Å². The monoisotopic (exact) mass is 459 g/mol. The molecule has 0 radical (unpaired) electrons. The first-order valence-electron chi connectivity index (χ1n) is 8.98. The van der Waals surface area contributed by atoms with Crippen LogP contribution in [-0.4, -0.2) is 37.9 Å². The van der Waals surface area contributed by atoms with Crippen molar-refractivity contribution >= 4 is 29.9 Å². The molecule has 0 bridgehead atoms. The number of rotatable bonds is 4. The topological polar surface area (TPSA) is 54.9 Å². The van der Waals surface area contributed by atoms with Crippen LogP contribution in [0.1, 0.15) is 45.2 Å². The number of para-hydroxylation sites is 1. The number of benzene rings is 1. The number of halogens is 1. The van der Waals surface area contributed by atoms with Gasteiger partial charge in [-0.25, -0.2) is 0 Å². The molecule has 0 saturated carbocycles. The molecule has 6 heteroatoms. The summed E-state index contributed by atoms with van der Waals surface area (Å²) < 4.78 is 11.6. The molecule has 5 nitrogen and oxygen atoms in total. The van der Waals surface area contributed by atoms with E-state index in [1.54, 1.807) is 0 Å². The van der Waals surface area contributed by atoms with Gasteiger partial charge in [0.1, 0.15) is 11.4 Å². The fraction of sp³-hybridized carbons (Fsp3) is 0.632. The van der Waals surface area contributed by atoms with Crippen molar-refractivity contribution in [1.29, 1.82) is 0 Å². The third-order valence-electron chi connectivity index (χ3n) is 4.56. The van der Waals surface area contributed by atoms with Crippen molar-refractivity contribution in [3.8, 4) is 5.75 Å². The standard InChI is InChI=1S/C19H29N3O2.HI/c1-4-20-18(21-12-14-9-10-23-13-14)22-16-11-19(2,3)24-17-8-6-5-7-15(16)17;/h5-8,14,16H,4,9-13H2,1-3H3,(H2,20,21,22);1H. The zero-order valence-electron chi connectivity index (χ0n) is 15.4. The Morgan fingerprint density at radius 1 is 1.32 bits per heavy atom. The van der Waals surface area contributed by atoms with E-state index in [0.717, 1.165) is 50.9 Å². The van der Waals surface area contributed by atoms with Gasteiger partial charge in [-0.3, -0.25) is 4.99 Å². The number of aliphatic imine (C=N–C) groups is 1. The lowest BCUT2D eigenvalue weighted by Gasteiger charge is -2.38. The number of nitrogens with one attached hydrogen (secondary N) is 2. The average Bonchev–Trinajstić information content (AvgIpc) is 3.05. The summed E-state index contributed by atoms with van der Waals surface area (Å²) in [7, 11) is 0. The van der Waals surface area contributed by atoms with Gasteiger partial charge in [-0.15, -0.1) is 24.0 Å². The van der Waals surface area contributed by atoms with Crippen LogP contribution in [0.15, 0.2) is 29.3 Å². The predicted molar refractivity (Wildman–Crippen MR) is 112 cm³/mol. The molecule has 2 atom stereocenters. The molecule has 0 aliphatic carbocycles. The summed E-state index contributed by atoms with van der Waals surface area (Å²) in [5, 5.41) is 6.98. The van der Waals surface area contributed by atoms with E-state index in [2.05, 4.69) is 43.5 Å². The first-order valence-corrected chi connectivity index (χ1v) is 8.98. The molecule has 2 unspecified atom stereocenters. The SMILES string of the molecule is CCNC(=NCC1CCOC1)NC1CC(C)(C)Oc2ccccc21.I. The molecule has 140 valence electrons. The van der Waals surface area contributed by atoms with Crippen molar-refractivity contribution in [1.82, 2.24) is 10.6 Å². The largest absolute Gasteiger partial charge is 0.487 e. The number of hydrogen-bond acceptors (Lipinski definition) is 3. The molecule has 1 saturated heterocycles. The van der Waals surface area contributed by atoms with Crippen molar-refractivity contribution in [3.63, 3.8) is 0 Å². The second-order valence-corrected chi connectivity index (χ2v) is 7.25. The van der Waals surface area contributed by atoms with Crippen molar-refractivity contribution in [2.45, 2.75) is 45.3 Å². The van der Waals surface area contributed by atoms with Gasteiger partial charge in [0, 0.05) is 37.6 Å². The van der Waals surface area contributed by atoms with Crippen LogP contribution in [0.2, 0.25) is 0 Å². The Morgan fingerprint density at radius 2 is 2.12 bits per heavy atom. The van der Waals surface area contributed by atoms with Crippen molar-refractivity contribution in [2.75, 3.05) is 26.3 Å². The molecule has 0 amide bonds. The third-order valence-corrected chi connectivity index (χ3v) is 4.56. The van der Waals surface area contributed by atoms with Gasteiger partial charge in [-0.05, 0) is 33.3 Å². The van der Waals surface area contributed by atoms with Gasteiger partial charge in [0.15, 0.2) is 5.96 Å². The van der Waals surface area contributed by atoms with E-state index >= 15 is 0 Å². The smallest absolute Gasteiger partial charge is 0.191 e. The number of hydrogen-bond donors (Lipinski definition) is 2. The quantitative estimate of drug-likeness (QED) is 0.411. The van der Waals surface area contributed by atoms with E-state index in [9.17, 15) is 0 Å². The normalized spacial score (nSPS) is 24.7. The summed E-state index contributed by atoms with van der Waals surface area (Å²) in [6, 6.07) is 8.47. The van der Waals surface area contributed by atoms with E-state index in [1.807, 2.05) is 12.1 Å². The van der Waals surface area contributed by atoms with Crippen molar-refractivity contribution in [2.24, 2.45) is 10.9 Å². The van der Waals surface area contributed by atoms with Gasteiger partial charge in [-0.2, -0.15) is 0 Å². The molecule has 1 aromatic carbocycles. The van der Waals surface area contributed by atoms with Gasteiger partial charge < -0.3 is 20.1 Å². The van der Waals surface area contributed by atoms with Crippen LogP contribution in [0.4, 0.5) is 0 Å². The molecule has 0 spiro atoms. The van der Waals surface area contributed by atoms with Crippen molar-refractivity contribution in [3.05, 3.63) is 29.8 Å². The van der Waals surface area contributed by atoms with E-state index < -0.39 is 0 Å². The fourth-order valence-electron chi connectivity index (χ4n) is 3.36. The summed E-state index contributed by atoms with van der Waals surface area (Å²) in [5.74, 6) is 2.38. The second kappa shape index (κ2) is 9.07. The highest BCUT2D eigenvalue weighted by Gasteiger charge is 2.34. The van der Waals surface area contributed by atoms with E-state index in [0.29, 0.717) is 5.92 Å². The molecule has 3 rings (SSSR count). The van der Waals surface area contributed by atoms with Crippen LogP contribution in [0.25, 0.3) is 0 Å². The summed E-state index contributed by atoms with van der Waals surface area (Å²) in [4.78, 5) is 4.78. The Morgan fingerprint density at radius 3 is 2.84 bits per heavy atom. The summed E-state index contributed by atoms with van der Waals surface area (Å²) in [6.07, 6.45) is 2.01. The molecule has 1 aromatic rings. The number of guanidine groups is 1. The second-order valence-electron chi connectivity index (χ2n) is 7.25.